The largest absolute Gasteiger partial charge is 0.326 e. The molecule has 0 heterocycles. The number of rotatable bonds is 4. The molecule has 2 aromatic rings. The van der Waals surface area contributed by atoms with Gasteiger partial charge in [0.1, 0.15) is 0 Å². The van der Waals surface area contributed by atoms with Crippen molar-refractivity contribution < 1.29 is 4.79 Å². The van der Waals surface area contributed by atoms with E-state index < -0.39 is 0 Å². The molecular weight excluding hydrogens is 234 g/mol. The molecule has 0 bridgehead atoms. The van der Waals surface area contributed by atoms with Crippen LogP contribution in [0, 0.1) is 6.92 Å². The molecule has 0 fully saturated rings. The average Bonchev–Trinajstić information content (AvgIpc) is 2.39. The Morgan fingerprint density at radius 3 is 2.53 bits per heavy atom. The van der Waals surface area contributed by atoms with Gasteiger partial charge in [-0.1, -0.05) is 49.4 Å². The average molecular weight is 253 g/mol. The second-order valence-electron chi connectivity index (χ2n) is 4.93. The van der Waals surface area contributed by atoms with E-state index in [0.717, 1.165) is 11.3 Å². The summed E-state index contributed by atoms with van der Waals surface area (Å²) in [5.41, 5.74) is 3.21. The van der Waals surface area contributed by atoms with Crippen molar-refractivity contribution in [1.29, 1.82) is 0 Å². The van der Waals surface area contributed by atoms with Crippen molar-refractivity contribution >= 4 is 11.6 Å². The van der Waals surface area contributed by atoms with Gasteiger partial charge in [0.15, 0.2) is 0 Å². The lowest BCUT2D eigenvalue weighted by atomic mass is 9.97. The van der Waals surface area contributed by atoms with Gasteiger partial charge in [0.05, 0.1) is 0 Å². The Balaban J connectivity index is 1.95. The van der Waals surface area contributed by atoms with Gasteiger partial charge in [-0.3, -0.25) is 4.79 Å². The lowest BCUT2D eigenvalue weighted by Gasteiger charge is -2.12. The predicted octanol–water partition coefficient (Wildman–Crippen LogP) is 4.13. The Hall–Kier alpha value is -2.09. The Kier molecular flexibility index (Phi) is 4.35. The summed E-state index contributed by atoms with van der Waals surface area (Å²) >= 11 is 0. The molecule has 0 aliphatic heterocycles. The molecule has 1 unspecified atom stereocenters. The van der Waals surface area contributed by atoms with Crippen LogP contribution >= 0.6 is 0 Å². The molecule has 0 saturated carbocycles. The van der Waals surface area contributed by atoms with Crippen LogP contribution in [-0.4, -0.2) is 5.91 Å². The minimum absolute atomic E-state index is 0.0574. The molecule has 0 aliphatic carbocycles. The molecule has 2 nitrogen and oxygen atoms in total. The molecule has 1 atom stereocenters. The maximum atomic E-state index is 12.0. The lowest BCUT2D eigenvalue weighted by molar-refractivity contribution is -0.116. The summed E-state index contributed by atoms with van der Waals surface area (Å²) in [5, 5.41) is 2.94. The molecule has 98 valence electrons. The fourth-order valence-corrected chi connectivity index (χ4v) is 2.11. The maximum absolute atomic E-state index is 12.0. The van der Waals surface area contributed by atoms with E-state index in [1.165, 1.54) is 5.56 Å². The molecular formula is C17H19NO. The maximum Gasteiger partial charge on any atom is 0.224 e. The smallest absolute Gasteiger partial charge is 0.224 e. The van der Waals surface area contributed by atoms with Crippen LogP contribution < -0.4 is 5.32 Å². The summed E-state index contributed by atoms with van der Waals surface area (Å²) in [6.45, 7) is 4.09. The molecule has 0 aliphatic rings. The van der Waals surface area contributed by atoms with Crippen molar-refractivity contribution in [3.8, 4) is 0 Å². The van der Waals surface area contributed by atoms with Gasteiger partial charge in [0.2, 0.25) is 5.91 Å². The van der Waals surface area contributed by atoms with E-state index in [1.54, 1.807) is 0 Å². The van der Waals surface area contributed by atoms with Crippen LogP contribution in [0.15, 0.2) is 54.6 Å². The van der Waals surface area contributed by atoms with Crippen LogP contribution in [0.5, 0.6) is 0 Å². The molecule has 2 rings (SSSR count). The number of anilines is 1. The number of hydrogen-bond donors (Lipinski definition) is 1. The normalized spacial score (nSPS) is 11.9. The van der Waals surface area contributed by atoms with Gasteiger partial charge in [-0.05, 0) is 36.1 Å². The van der Waals surface area contributed by atoms with Gasteiger partial charge >= 0.3 is 0 Å². The number of aryl methyl sites for hydroxylation is 1. The third-order valence-electron chi connectivity index (χ3n) is 3.16. The Morgan fingerprint density at radius 2 is 1.84 bits per heavy atom. The van der Waals surface area contributed by atoms with Crippen molar-refractivity contribution in [3.05, 3.63) is 65.7 Å². The molecule has 0 spiro atoms. The monoisotopic (exact) mass is 253 g/mol. The summed E-state index contributed by atoms with van der Waals surface area (Å²) in [4.78, 5) is 12.0. The molecule has 0 radical (unpaired) electrons. The summed E-state index contributed by atoms with van der Waals surface area (Å²) in [6, 6.07) is 18.0. The predicted molar refractivity (Wildman–Crippen MR) is 79.3 cm³/mol. The Bertz CT molecular complexity index is 548. The first-order chi connectivity index (χ1) is 9.15. The summed E-state index contributed by atoms with van der Waals surface area (Å²) < 4.78 is 0. The van der Waals surface area contributed by atoms with Crippen LogP contribution in [0.2, 0.25) is 0 Å². The summed E-state index contributed by atoms with van der Waals surface area (Å²) in [7, 11) is 0. The standard InChI is InChI=1S/C17H19NO/c1-13-7-6-10-16(11-13)18-17(19)12-14(2)15-8-4-3-5-9-15/h3-11,14H,12H2,1-2H3,(H,18,19). The molecule has 0 saturated heterocycles. The zero-order valence-corrected chi connectivity index (χ0v) is 11.4. The van der Waals surface area contributed by atoms with E-state index in [9.17, 15) is 4.79 Å². The first-order valence-corrected chi connectivity index (χ1v) is 6.56. The highest BCUT2D eigenvalue weighted by Crippen LogP contribution is 2.19. The number of carbonyl (C=O) groups is 1. The van der Waals surface area contributed by atoms with Crippen molar-refractivity contribution in [2.45, 2.75) is 26.2 Å². The van der Waals surface area contributed by atoms with Crippen molar-refractivity contribution in [3.63, 3.8) is 0 Å². The van der Waals surface area contributed by atoms with E-state index in [2.05, 4.69) is 24.4 Å². The van der Waals surface area contributed by atoms with Crippen LogP contribution in [-0.2, 0) is 4.79 Å². The highest BCUT2D eigenvalue weighted by molar-refractivity contribution is 5.91. The zero-order valence-electron chi connectivity index (χ0n) is 11.4. The van der Waals surface area contributed by atoms with Gasteiger partial charge in [-0.25, -0.2) is 0 Å². The second-order valence-corrected chi connectivity index (χ2v) is 4.93. The van der Waals surface area contributed by atoms with Gasteiger partial charge in [0, 0.05) is 12.1 Å². The van der Waals surface area contributed by atoms with Crippen LogP contribution in [0.4, 0.5) is 5.69 Å². The number of benzene rings is 2. The molecule has 19 heavy (non-hydrogen) atoms. The summed E-state index contributed by atoms with van der Waals surface area (Å²) in [6.07, 6.45) is 0.498. The van der Waals surface area contributed by atoms with Crippen molar-refractivity contribution in [1.82, 2.24) is 0 Å². The molecule has 1 amide bonds. The zero-order chi connectivity index (χ0) is 13.7. The van der Waals surface area contributed by atoms with E-state index in [4.69, 9.17) is 0 Å². The van der Waals surface area contributed by atoms with Crippen molar-refractivity contribution in [2.24, 2.45) is 0 Å². The van der Waals surface area contributed by atoms with Gasteiger partial charge in [-0.2, -0.15) is 0 Å². The van der Waals surface area contributed by atoms with Crippen LogP contribution in [0.3, 0.4) is 0 Å². The van der Waals surface area contributed by atoms with E-state index in [-0.39, 0.29) is 11.8 Å². The minimum Gasteiger partial charge on any atom is -0.326 e. The minimum atomic E-state index is 0.0574. The van der Waals surface area contributed by atoms with E-state index in [1.807, 2.05) is 49.4 Å². The topological polar surface area (TPSA) is 29.1 Å². The van der Waals surface area contributed by atoms with Gasteiger partial charge in [0.25, 0.3) is 0 Å². The number of hydrogen-bond acceptors (Lipinski definition) is 1. The fourth-order valence-electron chi connectivity index (χ4n) is 2.11. The SMILES string of the molecule is Cc1cccc(NC(=O)CC(C)c2ccccc2)c1. The van der Waals surface area contributed by atoms with E-state index >= 15 is 0 Å². The fraction of sp³-hybridized carbons (Fsp3) is 0.235. The second kappa shape index (κ2) is 6.19. The third-order valence-corrected chi connectivity index (χ3v) is 3.16. The van der Waals surface area contributed by atoms with Crippen LogP contribution in [0.1, 0.15) is 30.4 Å². The quantitative estimate of drug-likeness (QED) is 0.872. The Morgan fingerprint density at radius 1 is 1.11 bits per heavy atom. The number of nitrogens with one attached hydrogen (secondary N) is 1. The molecule has 2 heteroatoms. The summed E-state index contributed by atoms with van der Waals surface area (Å²) in [5.74, 6) is 0.285. The molecule has 1 N–H and O–H groups in total. The van der Waals surface area contributed by atoms with Gasteiger partial charge in [-0.15, -0.1) is 0 Å². The Labute approximate surface area is 114 Å². The van der Waals surface area contributed by atoms with Gasteiger partial charge < -0.3 is 5.32 Å². The number of carbonyl (C=O) groups excluding carboxylic acids is 1. The first kappa shape index (κ1) is 13.3. The highest BCUT2D eigenvalue weighted by atomic mass is 16.1. The number of amides is 1. The van der Waals surface area contributed by atoms with Crippen molar-refractivity contribution in [2.75, 3.05) is 5.32 Å². The lowest BCUT2D eigenvalue weighted by Crippen LogP contribution is -2.14. The first-order valence-electron chi connectivity index (χ1n) is 6.56. The van der Waals surface area contributed by atoms with E-state index in [0.29, 0.717) is 6.42 Å². The highest BCUT2D eigenvalue weighted by Gasteiger charge is 2.11. The molecule has 0 aromatic heterocycles. The van der Waals surface area contributed by atoms with Crippen LogP contribution in [0.25, 0.3) is 0 Å². The molecule has 2 aromatic carbocycles. The third kappa shape index (κ3) is 3.95.